The summed E-state index contributed by atoms with van der Waals surface area (Å²) in [5, 5.41) is 3.24. The molecule has 0 aliphatic heterocycles. The largest absolute Gasteiger partial charge is 0.323 e. The van der Waals surface area contributed by atoms with E-state index in [0.29, 0.717) is 16.4 Å². The summed E-state index contributed by atoms with van der Waals surface area (Å²) < 4.78 is 27.8. The number of carbonyl (C=O) groups is 1. The number of benzene rings is 3. The zero-order valence-electron chi connectivity index (χ0n) is 16.5. The molecular weight excluding hydrogens is 420 g/mol. The third kappa shape index (κ3) is 5.72. The number of hydrogen-bond acceptors (Lipinski definition) is 3. The van der Waals surface area contributed by atoms with Gasteiger partial charge in [0, 0.05) is 22.5 Å². The zero-order chi connectivity index (χ0) is 21.7. The van der Waals surface area contributed by atoms with Gasteiger partial charge in [0.1, 0.15) is 0 Å². The Bertz CT molecular complexity index is 1180. The Morgan fingerprint density at radius 1 is 0.900 bits per heavy atom. The summed E-state index contributed by atoms with van der Waals surface area (Å²) in [4.78, 5) is 12.2. The van der Waals surface area contributed by atoms with Crippen molar-refractivity contribution < 1.29 is 13.2 Å². The van der Waals surface area contributed by atoms with Crippen LogP contribution in [0, 0.1) is 13.8 Å². The molecular formula is C23H21ClN2O3S. The zero-order valence-corrected chi connectivity index (χ0v) is 18.1. The number of carbonyl (C=O) groups excluding carboxylic acids is 1. The maximum absolute atomic E-state index is 12.6. The third-order valence-corrected chi connectivity index (χ3v) is 5.97. The second-order valence-electron chi connectivity index (χ2n) is 6.85. The molecule has 0 unspecified atom stereocenters. The van der Waals surface area contributed by atoms with Gasteiger partial charge in [0.15, 0.2) is 0 Å². The molecule has 0 saturated heterocycles. The predicted octanol–water partition coefficient (Wildman–Crippen LogP) is 5.41. The maximum Gasteiger partial charge on any atom is 0.261 e. The molecule has 5 nitrogen and oxygen atoms in total. The van der Waals surface area contributed by atoms with Crippen molar-refractivity contribution >= 4 is 45.0 Å². The average Bonchev–Trinajstić information content (AvgIpc) is 2.66. The van der Waals surface area contributed by atoms with Gasteiger partial charge in [0.25, 0.3) is 10.0 Å². The smallest absolute Gasteiger partial charge is 0.261 e. The van der Waals surface area contributed by atoms with Gasteiger partial charge in [-0.15, -0.1) is 0 Å². The third-order valence-electron chi connectivity index (χ3n) is 4.23. The lowest BCUT2D eigenvalue weighted by Crippen LogP contribution is -2.13. The van der Waals surface area contributed by atoms with Gasteiger partial charge in [0.05, 0.1) is 4.90 Å². The molecule has 7 heteroatoms. The summed E-state index contributed by atoms with van der Waals surface area (Å²) in [6.45, 7) is 3.81. The lowest BCUT2D eigenvalue weighted by Gasteiger charge is -2.10. The van der Waals surface area contributed by atoms with Crippen LogP contribution in [0.5, 0.6) is 0 Å². The molecule has 0 aromatic heterocycles. The van der Waals surface area contributed by atoms with Crippen molar-refractivity contribution in [2.75, 3.05) is 10.0 Å². The molecule has 3 aromatic rings. The number of hydrogen-bond donors (Lipinski definition) is 2. The van der Waals surface area contributed by atoms with Gasteiger partial charge in [0.2, 0.25) is 5.91 Å². The number of rotatable bonds is 6. The van der Waals surface area contributed by atoms with Gasteiger partial charge in [-0.2, -0.15) is 0 Å². The second kappa shape index (κ2) is 9.15. The minimum absolute atomic E-state index is 0.103. The second-order valence-corrected chi connectivity index (χ2v) is 8.94. The lowest BCUT2D eigenvalue weighted by atomic mass is 10.1. The van der Waals surface area contributed by atoms with E-state index in [1.54, 1.807) is 30.3 Å². The van der Waals surface area contributed by atoms with E-state index in [1.807, 2.05) is 32.0 Å². The highest BCUT2D eigenvalue weighted by Crippen LogP contribution is 2.21. The van der Waals surface area contributed by atoms with Crippen molar-refractivity contribution in [1.29, 1.82) is 0 Å². The van der Waals surface area contributed by atoms with Crippen LogP contribution >= 0.6 is 11.6 Å². The summed E-state index contributed by atoms with van der Waals surface area (Å²) in [6, 6.07) is 18.6. The Morgan fingerprint density at radius 3 is 2.17 bits per heavy atom. The molecule has 0 aliphatic rings. The van der Waals surface area contributed by atoms with Crippen molar-refractivity contribution in [3.63, 3.8) is 0 Å². The molecule has 1 amide bonds. The van der Waals surface area contributed by atoms with Crippen LogP contribution in [0.2, 0.25) is 5.02 Å². The van der Waals surface area contributed by atoms with Gasteiger partial charge in [-0.25, -0.2) is 8.42 Å². The van der Waals surface area contributed by atoms with E-state index < -0.39 is 10.0 Å². The minimum Gasteiger partial charge on any atom is -0.323 e. The van der Waals surface area contributed by atoms with Crippen molar-refractivity contribution in [2.45, 2.75) is 18.7 Å². The molecule has 0 aliphatic carbocycles. The van der Waals surface area contributed by atoms with Crippen LogP contribution in [0.3, 0.4) is 0 Å². The van der Waals surface area contributed by atoms with Crippen molar-refractivity contribution in [1.82, 2.24) is 0 Å². The van der Waals surface area contributed by atoms with E-state index in [0.717, 1.165) is 16.7 Å². The number of aryl methyl sites for hydroxylation is 2. The molecule has 3 rings (SSSR count). The van der Waals surface area contributed by atoms with Crippen LogP contribution < -0.4 is 10.0 Å². The summed E-state index contributed by atoms with van der Waals surface area (Å²) in [6.07, 6.45) is 2.98. The fourth-order valence-electron chi connectivity index (χ4n) is 2.92. The highest BCUT2D eigenvalue weighted by molar-refractivity contribution is 7.92. The molecule has 0 saturated carbocycles. The van der Waals surface area contributed by atoms with Gasteiger partial charge in [-0.3, -0.25) is 9.52 Å². The topological polar surface area (TPSA) is 75.3 Å². The Hall–Kier alpha value is -3.09. The van der Waals surface area contributed by atoms with E-state index in [4.69, 9.17) is 11.6 Å². The number of amides is 1. The van der Waals surface area contributed by atoms with Crippen LogP contribution in [0.1, 0.15) is 16.7 Å². The Morgan fingerprint density at radius 2 is 1.53 bits per heavy atom. The van der Waals surface area contributed by atoms with E-state index in [9.17, 15) is 13.2 Å². The van der Waals surface area contributed by atoms with Crippen molar-refractivity contribution in [2.24, 2.45) is 0 Å². The number of anilines is 2. The van der Waals surface area contributed by atoms with Crippen LogP contribution in [0.4, 0.5) is 11.4 Å². The highest BCUT2D eigenvalue weighted by atomic mass is 35.5. The first-order valence-electron chi connectivity index (χ1n) is 9.18. The van der Waals surface area contributed by atoms with E-state index in [1.165, 1.54) is 30.3 Å². The molecule has 30 heavy (non-hydrogen) atoms. The summed E-state index contributed by atoms with van der Waals surface area (Å²) in [7, 11) is -3.73. The van der Waals surface area contributed by atoms with E-state index >= 15 is 0 Å². The quantitative estimate of drug-likeness (QED) is 0.503. The Balaban J connectivity index is 1.68. The van der Waals surface area contributed by atoms with Gasteiger partial charge >= 0.3 is 0 Å². The average molecular weight is 441 g/mol. The van der Waals surface area contributed by atoms with Gasteiger partial charge in [-0.1, -0.05) is 35.9 Å². The number of halogens is 1. The van der Waals surface area contributed by atoms with Crippen LogP contribution in [-0.2, 0) is 14.8 Å². The van der Waals surface area contributed by atoms with Gasteiger partial charge in [-0.05, 0) is 79.1 Å². The SMILES string of the molecule is Cc1cc(C)cc(NS(=O)(=O)c2ccc(NC(=O)/C=C/c3ccccc3Cl)cc2)c1. The molecule has 0 bridgehead atoms. The normalized spacial score (nSPS) is 11.4. The maximum atomic E-state index is 12.6. The monoisotopic (exact) mass is 440 g/mol. The molecule has 0 heterocycles. The summed E-state index contributed by atoms with van der Waals surface area (Å²) in [5.41, 5.74) is 3.66. The van der Waals surface area contributed by atoms with Crippen molar-refractivity contribution in [3.8, 4) is 0 Å². The summed E-state index contributed by atoms with van der Waals surface area (Å²) >= 11 is 6.06. The standard InChI is InChI=1S/C23H21ClN2O3S/c1-16-13-17(2)15-20(14-16)26-30(28,29)21-10-8-19(9-11-21)25-23(27)12-7-18-5-3-4-6-22(18)24/h3-15,26H,1-2H3,(H,25,27)/b12-7+. The number of sulfonamides is 1. The molecule has 154 valence electrons. The van der Waals surface area contributed by atoms with Crippen LogP contribution in [0.15, 0.2) is 77.7 Å². The highest BCUT2D eigenvalue weighted by Gasteiger charge is 2.14. The van der Waals surface area contributed by atoms with Crippen LogP contribution in [-0.4, -0.2) is 14.3 Å². The number of nitrogens with one attached hydrogen (secondary N) is 2. The first-order chi connectivity index (χ1) is 14.2. The predicted molar refractivity (Wildman–Crippen MR) is 122 cm³/mol. The molecule has 0 spiro atoms. The Kier molecular flexibility index (Phi) is 6.59. The lowest BCUT2D eigenvalue weighted by molar-refractivity contribution is -0.111. The van der Waals surface area contributed by atoms with Crippen molar-refractivity contribution in [3.05, 3.63) is 94.5 Å². The fourth-order valence-corrected chi connectivity index (χ4v) is 4.16. The first-order valence-corrected chi connectivity index (χ1v) is 11.0. The molecule has 0 radical (unpaired) electrons. The molecule has 0 fully saturated rings. The first kappa shape index (κ1) is 21.6. The molecule has 2 N–H and O–H groups in total. The molecule has 3 aromatic carbocycles. The fraction of sp³-hybridized carbons (Fsp3) is 0.0870. The Labute approximate surface area is 181 Å². The molecule has 0 atom stereocenters. The van der Waals surface area contributed by atoms with Crippen LogP contribution in [0.25, 0.3) is 6.08 Å². The summed E-state index contributed by atoms with van der Waals surface area (Å²) in [5.74, 6) is -0.348. The van der Waals surface area contributed by atoms with E-state index in [-0.39, 0.29) is 10.8 Å². The van der Waals surface area contributed by atoms with E-state index in [2.05, 4.69) is 10.0 Å². The minimum atomic E-state index is -3.73. The van der Waals surface area contributed by atoms with Gasteiger partial charge < -0.3 is 5.32 Å².